The SMILES string of the molecule is C[C@H]1[C@@](C)(O)CC[C@]1(C#N)C1(O)CCCCC1. The molecule has 0 spiro atoms. The van der Waals surface area contributed by atoms with Crippen molar-refractivity contribution in [3.8, 4) is 6.07 Å². The van der Waals surface area contributed by atoms with Crippen molar-refractivity contribution in [2.45, 2.75) is 70.0 Å². The molecule has 0 heterocycles. The second kappa shape index (κ2) is 3.96. The van der Waals surface area contributed by atoms with E-state index in [0.717, 1.165) is 19.3 Å². The van der Waals surface area contributed by atoms with E-state index in [4.69, 9.17) is 0 Å². The summed E-state index contributed by atoms with van der Waals surface area (Å²) in [4.78, 5) is 0. The van der Waals surface area contributed by atoms with Crippen molar-refractivity contribution < 1.29 is 10.2 Å². The monoisotopic (exact) mass is 237 g/mol. The predicted octanol–water partition coefficient (Wildman–Crippen LogP) is 2.37. The molecule has 3 nitrogen and oxygen atoms in total. The summed E-state index contributed by atoms with van der Waals surface area (Å²) >= 11 is 0. The van der Waals surface area contributed by atoms with Gasteiger partial charge in [0.25, 0.3) is 0 Å². The van der Waals surface area contributed by atoms with Gasteiger partial charge in [0.05, 0.1) is 22.7 Å². The van der Waals surface area contributed by atoms with Crippen molar-refractivity contribution >= 4 is 0 Å². The smallest absolute Gasteiger partial charge is 0.0913 e. The predicted molar refractivity (Wildman–Crippen MR) is 65.1 cm³/mol. The van der Waals surface area contributed by atoms with E-state index in [9.17, 15) is 15.5 Å². The Morgan fingerprint density at radius 1 is 1.06 bits per heavy atom. The zero-order valence-corrected chi connectivity index (χ0v) is 10.9. The molecule has 3 heteroatoms. The normalized spacial score (nSPS) is 45.5. The summed E-state index contributed by atoms with van der Waals surface area (Å²) in [6.45, 7) is 3.71. The molecule has 2 fully saturated rings. The van der Waals surface area contributed by atoms with Gasteiger partial charge >= 0.3 is 0 Å². The van der Waals surface area contributed by atoms with Crippen molar-refractivity contribution in [3.63, 3.8) is 0 Å². The van der Waals surface area contributed by atoms with Crippen LogP contribution in [-0.4, -0.2) is 21.4 Å². The molecule has 0 bridgehead atoms. The summed E-state index contributed by atoms with van der Waals surface area (Å²) in [6, 6.07) is 2.38. The molecule has 3 atom stereocenters. The van der Waals surface area contributed by atoms with Gasteiger partial charge in [0.1, 0.15) is 0 Å². The topological polar surface area (TPSA) is 64.2 Å². The van der Waals surface area contributed by atoms with Gasteiger partial charge in [-0.1, -0.05) is 26.2 Å². The minimum absolute atomic E-state index is 0.164. The van der Waals surface area contributed by atoms with Gasteiger partial charge in [-0.05, 0) is 32.6 Å². The quantitative estimate of drug-likeness (QED) is 0.736. The van der Waals surface area contributed by atoms with E-state index in [1.54, 1.807) is 6.92 Å². The van der Waals surface area contributed by atoms with Crippen LogP contribution in [0.5, 0.6) is 0 Å². The Balaban J connectivity index is 2.36. The molecule has 0 radical (unpaired) electrons. The summed E-state index contributed by atoms with van der Waals surface area (Å²) < 4.78 is 0. The molecule has 0 aromatic rings. The Bertz CT molecular complexity index is 339. The van der Waals surface area contributed by atoms with Crippen LogP contribution in [-0.2, 0) is 0 Å². The average Bonchev–Trinajstić information content (AvgIpc) is 2.53. The maximum Gasteiger partial charge on any atom is 0.0913 e. The van der Waals surface area contributed by atoms with Crippen LogP contribution in [0.2, 0.25) is 0 Å². The van der Waals surface area contributed by atoms with Crippen LogP contribution in [0.4, 0.5) is 0 Å². The maximum atomic E-state index is 10.9. The fourth-order valence-corrected chi connectivity index (χ4v) is 3.89. The van der Waals surface area contributed by atoms with E-state index < -0.39 is 16.6 Å². The number of nitriles is 1. The molecule has 0 aromatic carbocycles. The van der Waals surface area contributed by atoms with Crippen LogP contribution >= 0.6 is 0 Å². The first-order valence-corrected chi connectivity index (χ1v) is 6.74. The number of aliphatic hydroxyl groups is 2. The van der Waals surface area contributed by atoms with Crippen molar-refractivity contribution in [1.82, 2.24) is 0 Å². The van der Waals surface area contributed by atoms with E-state index in [2.05, 4.69) is 6.07 Å². The summed E-state index contributed by atoms with van der Waals surface area (Å²) in [6.07, 6.45) is 5.79. The zero-order chi connectivity index (χ0) is 12.7. The lowest BCUT2D eigenvalue weighted by atomic mass is 9.60. The Hall–Kier alpha value is -0.590. The molecule has 2 saturated carbocycles. The number of hydrogen-bond donors (Lipinski definition) is 2. The first-order chi connectivity index (χ1) is 7.88. The van der Waals surface area contributed by atoms with Crippen LogP contribution in [0.3, 0.4) is 0 Å². The minimum atomic E-state index is -0.889. The minimum Gasteiger partial charge on any atom is -0.390 e. The third-order valence-electron chi connectivity index (χ3n) is 5.41. The Morgan fingerprint density at radius 3 is 2.06 bits per heavy atom. The molecule has 0 unspecified atom stereocenters. The van der Waals surface area contributed by atoms with Gasteiger partial charge in [-0.25, -0.2) is 0 Å². The van der Waals surface area contributed by atoms with Crippen LogP contribution in [0, 0.1) is 22.7 Å². The van der Waals surface area contributed by atoms with E-state index in [0.29, 0.717) is 25.7 Å². The van der Waals surface area contributed by atoms with Crippen molar-refractivity contribution in [3.05, 3.63) is 0 Å². The van der Waals surface area contributed by atoms with Crippen molar-refractivity contribution in [2.24, 2.45) is 11.3 Å². The lowest BCUT2D eigenvalue weighted by Crippen LogP contribution is -2.53. The highest BCUT2D eigenvalue weighted by atomic mass is 16.3. The molecule has 2 aliphatic rings. The number of rotatable bonds is 1. The first-order valence-electron chi connectivity index (χ1n) is 6.74. The fraction of sp³-hybridized carbons (Fsp3) is 0.929. The molecular formula is C14H23NO2. The molecular weight excluding hydrogens is 214 g/mol. The largest absolute Gasteiger partial charge is 0.390 e. The first kappa shape index (κ1) is 12.9. The van der Waals surface area contributed by atoms with Crippen LogP contribution < -0.4 is 0 Å². The Kier molecular flexibility index (Phi) is 3.00. The summed E-state index contributed by atoms with van der Waals surface area (Å²) in [5.41, 5.74) is -2.46. The van der Waals surface area contributed by atoms with E-state index >= 15 is 0 Å². The highest BCUT2D eigenvalue weighted by Gasteiger charge is 2.62. The second-order valence-electron chi connectivity index (χ2n) is 6.25. The molecule has 2 rings (SSSR count). The highest BCUT2D eigenvalue weighted by Crippen LogP contribution is 2.58. The molecule has 0 aliphatic heterocycles. The average molecular weight is 237 g/mol. The maximum absolute atomic E-state index is 10.9. The van der Waals surface area contributed by atoms with Crippen LogP contribution in [0.15, 0.2) is 0 Å². The zero-order valence-electron chi connectivity index (χ0n) is 10.9. The van der Waals surface area contributed by atoms with Crippen molar-refractivity contribution in [1.29, 1.82) is 5.26 Å². The number of hydrogen-bond acceptors (Lipinski definition) is 3. The van der Waals surface area contributed by atoms with Gasteiger partial charge < -0.3 is 10.2 Å². The van der Waals surface area contributed by atoms with Gasteiger partial charge in [-0.3, -0.25) is 0 Å². The standard InChI is InChI=1S/C14H23NO2/c1-11-12(2,16)8-9-13(11,10-15)14(17)6-4-3-5-7-14/h11,16-17H,3-9H2,1-2H3/t11-,12-,13+/m0/s1. The molecule has 0 aromatic heterocycles. The third kappa shape index (κ3) is 1.70. The Labute approximate surface area is 103 Å². The van der Waals surface area contributed by atoms with Gasteiger partial charge in [0, 0.05) is 5.92 Å². The lowest BCUT2D eigenvalue weighted by molar-refractivity contribution is -0.116. The van der Waals surface area contributed by atoms with Gasteiger partial charge in [0.15, 0.2) is 0 Å². The number of nitrogens with zero attached hydrogens (tertiary/aromatic N) is 1. The second-order valence-corrected chi connectivity index (χ2v) is 6.25. The van der Waals surface area contributed by atoms with Crippen LogP contribution in [0.1, 0.15) is 58.8 Å². The van der Waals surface area contributed by atoms with E-state index in [1.165, 1.54) is 0 Å². The highest BCUT2D eigenvalue weighted by molar-refractivity contribution is 5.20. The summed E-state index contributed by atoms with van der Waals surface area (Å²) in [5.74, 6) is -0.164. The fourth-order valence-electron chi connectivity index (χ4n) is 3.89. The lowest BCUT2D eigenvalue weighted by Gasteiger charge is -2.46. The van der Waals surface area contributed by atoms with Crippen molar-refractivity contribution in [2.75, 3.05) is 0 Å². The van der Waals surface area contributed by atoms with Crippen LogP contribution in [0.25, 0.3) is 0 Å². The Morgan fingerprint density at radius 2 is 1.65 bits per heavy atom. The molecule has 2 aliphatic carbocycles. The molecule has 0 amide bonds. The molecule has 96 valence electrons. The molecule has 17 heavy (non-hydrogen) atoms. The van der Waals surface area contributed by atoms with E-state index in [1.807, 2.05) is 6.92 Å². The van der Waals surface area contributed by atoms with Gasteiger partial charge in [-0.15, -0.1) is 0 Å². The molecule has 0 saturated heterocycles. The molecule has 2 N–H and O–H groups in total. The third-order valence-corrected chi connectivity index (χ3v) is 5.41. The van der Waals surface area contributed by atoms with Gasteiger partial charge in [0.2, 0.25) is 0 Å². The summed E-state index contributed by atoms with van der Waals surface area (Å²) in [5, 5.41) is 30.8. The van der Waals surface area contributed by atoms with E-state index in [-0.39, 0.29) is 5.92 Å². The summed E-state index contributed by atoms with van der Waals surface area (Å²) in [7, 11) is 0. The van der Waals surface area contributed by atoms with Gasteiger partial charge in [-0.2, -0.15) is 5.26 Å².